The number of carbonyl (C=O) groups excluding carboxylic acids is 2. The molecular weight excluding hydrogens is 382 g/mol. The lowest BCUT2D eigenvalue weighted by molar-refractivity contribution is -0.118. The SMILES string of the molecule is CC(=O)Nc1ccc(Cl)c(NC(=O)COc2nn(C)c3nc(C)cc(C)c23)c1. The molecule has 8 nitrogen and oxygen atoms in total. The summed E-state index contributed by atoms with van der Waals surface area (Å²) in [5, 5.41) is 10.7. The molecule has 0 aliphatic heterocycles. The van der Waals surface area contributed by atoms with Crippen molar-refractivity contribution in [1.82, 2.24) is 14.8 Å². The molecule has 2 N–H and O–H groups in total. The highest BCUT2D eigenvalue weighted by Crippen LogP contribution is 2.28. The maximum absolute atomic E-state index is 12.3. The van der Waals surface area contributed by atoms with Crippen molar-refractivity contribution < 1.29 is 14.3 Å². The largest absolute Gasteiger partial charge is 0.466 e. The lowest BCUT2D eigenvalue weighted by Gasteiger charge is -2.10. The van der Waals surface area contributed by atoms with Crippen molar-refractivity contribution in [1.29, 1.82) is 0 Å². The summed E-state index contributed by atoms with van der Waals surface area (Å²) in [6, 6.07) is 6.75. The number of hydrogen-bond acceptors (Lipinski definition) is 5. The number of carbonyl (C=O) groups is 2. The van der Waals surface area contributed by atoms with Crippen LogP contribution in [-0.4, -0.2) is 33.2 Å². The van der Waals surface area contributed by atoms with Crippen LogP contribution >= 0.6 is 11.6 Å². The zero-order chi connectivity index (χ0) is 20.4. The summed E-state index contributed by atoms with van der Waals surface area (Å²) >= 11 is 6.12. The molecule has 0 aliphatic carbocycles. The minimum atomic E-state index is -0.404. The molecule has 0 unspecified atom stereocenters. The molecule has 28 heavy (non-hydrogen) atoms. The molecule has 2 aromatic heterocycles. The predicted octanol–water partition coefficient (Wildman–Crippen LogP) is 3.21. The second-order valence-corrected chi connectivity index (χ2v) is 6.83. The van der Waals surface area contributed by atoms with E-state index < -0.39 is 5.91 Å². The smallest absolute Gasteiger partial charge is 0.262 e. The number of rotatable bonds is 5. The molecule has 0 fully saturated rings. The van der Waals surface area contributed by atoms with Crippen LogP contribution in [0.15, 0.2) is 24.3 Å². The molecule has 3 aromatic rings. The summed E-state index contributed by atoms with van der Waals surface area (Å²) in [5.41, 5.74) is 3.45. The zero-order valence-electron chi connectivity index (χ0n) is 16.0. The van der Waals surface area contributed by atoms with Gasteiger partial charge in [-0.25, -0.2) is 9.67 Å². The maximum Gasteiger partial charge on any atom is 0.262 e. The highest BCUT2D eigenvalue weighted by atomic mass is 35.5. The first-order chi connectivity index (χ1) is 13.2. The van der Waals surface area contributed by atoms with E-state index in [0.717, 1.165) is 16.6 Å². The highest BCUT2D eigenvalue weighted by Gasteiger charge is 2.16. The Morgan fingerprint density at radius 2 is 1.96 bits per heavy atom. The van der Waals surface area contributed by atoms with Crippen LogP contribution in [-0.2, 0) is 16.6 Å². The summed E-state index contributed by atoms with van der Waals surface area (Å²) < 4.78 is 7.25. The second kappa shape index (κ2) is 7.85. The summed E-state index contributed by atoms with van der Waals surface area (Å²) in [7, 11) is 1.77. The van der Waals surface area contributed by atoms with Crippen LogP contribution in [0.5, 0.6) is 5.88 Å². The van der Waals surface area contributed by atoms with Crippen LogP contribution in [0.1, 0.15) is 18.2 Å². The highest BCUT2D eigenvalue weighted by molar-refractivity contribution is 6.33. The third-order valence-corrected chi connectivity index (χ3v) is 4.32. The molecule has 0 spiro atoms. The van der Waals surface area contributed by atoms with Gasteiger partial charge in [-0.2, -0.15) is 0 Å². The van der Waals surface area contributed by atoms with Crippen molar-refractivity contribution in [3.8, 4) is 5.88 Å². The van der Waals surface area contributed by atoms with E-state index in [4.69, 9.17) is 16.3 Å². The van der Waals surface area contributed by atoms with Crippen molar-refractivity contribution in [3.63, 3.8) is 0 Å². The molecule has 0 radical (unpaired) electrons. The normalized spacial score (nSPS) is 10.8. The average Bonchev–Trinajstić information content (AvgIpc) is 2.92. The van der Waals surface area contributed by atoms with E-state index in [1.807, 2.05) is 19.9 Å². The number of aromatic nitrogens is 3. The lowest BCUT2D eigenvalue weighted by atomic mass is 10.2. The number of anilines is 2. The van der Waals surface area contributed by atoms with Crippen molar-refractivity contribution in [2.45, 2.75) is 20.8 Å². The lowest BCUT2D eigenvalue weighted by Crippen LogP contribution is -2.20. The molecule has 0 saturated heterocycles. The molecule has 1 aromatic carbocycles. The van der Waals surface area contributed by atoms with Gasteiger partial charge in [-0.05, 0) is 43.7 Å². The molecule has 2 heterocycles. The standard InChI is InChI=1S/C19H20ClN5O3/c1-10-7-11(2)21-18-17(10)19(24-25(18)4)28-9-16(27)23-15-8-13(22-12(3)26)5-6-14(15)20/h5-8H,9H2,1-4H3,(H,22,26)(H,23,27). The third kappa shape index (κ3) is 4.23. The average molecular weight is 402 g/mol. The minimum Gasteiger partial charge on any atom is -0.466 e. The molecule has 2 amide bonds. The molecule has 3 rings (SSSR count). The van der Waals surface area contributed by atoms with Crippen LogP contribution in [0, 0.1) is 13.8 Å². The van der Waals surface area contributed by atoms with Crippen LogP contribution in [0.25, 0.3) is 11.0 Å². The molecule has 0 aliphatic rings. The number of aryl methyl sites for hydroxylation is 3. The Kier molecular flexibility index (Phi) is 5.51. The van der Waals surface area contributed by atoms with Gasteiger partial charge in [0.1, 0.15) is 0 Å². The van der Waals surface area contributed by atoms with Crippen LogP contribution < -0.4 is 15.4 Å². The van der Waals surface area contributed by atoms with Crippen molar-refractivity contribution >= 4 is 45.8 Å². The van der Waals surface area contributed by atoms with Gasteiger partial charge in [0.15, 0.2) is 12.3 Å². The minimum absolute atomic E-state index is 0.218. The Morgan fingerprint density at radius 1 is 1.21 bits per heavy atom. The fourth-order valence-corrected chi connectivity index (χ4v) is 3.04. The second-order valence-electron chi connectivity index (χ2n) is 6.42. The topological polar surface area (TPSA) is 98.1 Å². The van der Waals surface area contributed by atoms with Crippen LogP contribution in [0.2, 0.25) is 5.02 Å². The molecule has 9 heteroatoms. The number of amides is 2. The number of nitrogens with zero attached hydrogens (tertiary/aromatic N) is 3. The summed E-state index contributed by atoms with van der Waals surface area (Å²) in [6.45, 7) is 5.00. The van der Waals surface area contributed by atoms with Crippen molar-refractivity contribution in [2.24, 2.45) is 7.05 Å². The van der Waals surface area contributed by atoms with Crippen molar-refractivity contribution in [2.75, 3.05) is 17.2 Å². The van der Waals surface area contributed by atoms with E-state index in [-0.39, 0.29) is 12.5 Å². The number of pyridine rings is 1. The summed E-state index contributed by atoms with van der Waals surface area (Å²) in [6.07, 6.45) is 0. The van der Waals surface area contributed by atoms with E-state index in [1.54, 1.807) is 29.9 Å². The Morgan fingerprint density at radius 3 is 2.68 bits per heavy atom. The van der Waals surface area contributed by atoms with Gasteiger partial charge in [-0.1, -0.05) is 11.6 Å². The van der Waals surface area contributed by atoms with Gasteiger partial charge in [0.25, 0.3) is 5.91 Å². The van der Waals surface area contributed by atoms with Crippen LogP contribution in [0.3, 0.4) is 0 Å². The monoisotopic (exact) mass is 401 g/mol. The van der Waals surface area contributed by atoms with Gasteiger partial charge in [0, 0.05) is 25.4 Å². The van der Waals surface area contributed by atoms with Gasteiger partial charge in [-0.15, -0.1) is 5.10 Å². The molecule has 0 atom stereocenters. The fraction of sp³-hybridized carbons (Fsp3) is 0.263. The molecule has 0 saturated carbocycles. The van der Waals surface area contributed by atoms with E-state index in [2.05, 4.69) is 20.7 Å². The summed E-state index contributed by atoms with van der Waals surface area (Å²) in [5.74, 6) is -0.279. The Balaban J connectivity index is 1.73. The van der Waals surface area contributed by atoms with Gasteiger partial charge in [0.05, 0.1) is 16.1 Å². The van der Waals surface area contributed by atoms with Crippen LogP contribution in [0.4, 0.5) is 11.4 Å². The van der Waals surface area contributed by atoms with E-state index in [1.165, 1.54) is 6.92 Å². The molecule has 146 valence electrons. The van der Waals surface area contributed by atoms with E-state index >= 15 is 0 Å². The quantitative estimate of drug-likeness (QED) is 0.684. The first kappa shape index (κ1) is 19.6. The predicted molar refractivity (Wildman–Crippen MR) is 108 cm³/mol. The van der Waals surface area contributed by atoms with E-state index in [9.17, 15) is 9.59 Å². The maximum atomic E-state index is 12.3. The number of ether oxygens (including phenoxy) is 1. The number of fused-ring (bicyclic) bond motifs is 1. The number of hydrogen-bond donors (Lipinski definition) is 2. The Labute approximate surface area is 166 Å². The van der Waals surface area contributed by atoms with Gasteiger partial charge in [0.2, 0.25) is 11.8 Å². The zero-order valence-corrected chi connectivity index (χ0v) is 16.7. The number of nitrogens with one attached hydrogen (secondary N) is 2. The van der Waals surface area contributed by atoms with Gasteiger partial charge < -0.3 is 15.4 Å². The van der Waals surface area contributed by atoms with Gasteiger partial charge >= 0.3 is 0 Å². The number of benzene rings is 1. The first-order valence-corrected chi connectivity index (χ1v) is 8.93. The number of halogens is 1. The van der Waals surface area contributed by atoms with Gasteiger partial charge in [-0.3, -0.25) is 9.59 Å². The first-order valence-electron chi connectivity index (χ1n) is 8.55. The van der Waals surface area contributed by atoms with Crippen molar-refractivity contribution in [3.05, 3.63) is 40.5 Å². The molecule has 0 bridgehead atoms. The Bertz CT molecular complexity index is 1080. The van der Waals surface area contributed by atoms with E-state index in [0.29, 0.717) is 27.9 Å². The summed E-state index contributed by atoms with van der Waals surface area (Å²) in [4.78, 5) is 28.0. The third-order valence-electron chi connectivity index (χ3n) is 3.99. The Hall–Kier alpha value is -3.13. The molecular formula is C19H20ClN5O3. The fourth-order valence-electron chi connectivity index (χ4n) is 2.87.